The summed E-state index contributed by atoms with van der Waals surface area (Å²) >= 11 is 0. The quantitative estimate of drug-likeness (QED) is 0.451. The third-order valence-electron chi connectivity index (χ3n) is 5.22. The van der Waals surface area contributed by atoms with Gasteiger partial charge in [0.25, 0.3) is 0 Å². The molecule has 0 bridgehead atoms. The second-order valence-electron chi connectivity index (χ2n) is 7.20. The zero-order valence-electron chi connectivity index (χ0n) is 18.5. The molecule has 0 saturated heterocycles. The van der Waals surface area contributed by atoms with E-state index in [0.29, 0.717) is 54.7 Å². The lowest BCUT2D eigenvalue weighted by Crippen LogP contribution is -2.30. The third kappa shape index (κ3) is 4.44. The minimum absolute atomic E-state index is 0.0996. The molecule has 10 heteroatoms. The van der Waals surface area contributed by atoms with Crippen molar-refractivity contribution in [2.75, 3.05) is 33.4 Å². The summed E-state index contributed by atoms with van der Waals surface area (Å²) in [5.74, 6) is 1.01. The number of hydrogen-bond acceptors (Lipinski definition) is 8. The Hall–Kier alpha value is -3.37. The van der Waals surface area contributed by atoms with Gasteiger partial charge in [-0.3, -0.25) is 0 Å². The highest BCUT2D eigenvalue weighted by molar-refractivity contribution is 7.89. The molecule has 2 aromatic rings. The van der Waals surface area contributed by atoms with Gasteiger partial charge in [0.05, 0.1) is 12.0 Å². The Morgan fingerprint density at radius 1 is 1.09 bits per heavy atom. The standard InChI is InChI=1S/C23H24N2O7S/c1-4-25(5-2)33(27,28)17-8-6-16(7-9-17)22-24-18(23(26)32-22)12-15-13-19(29-3)21-20(14-15)30-10-11-31-21/h6-9,12-14H,4-5,10-11H2,1-3H3/b18-12+. The second kappa shape index (κ2) is 9.24. The Morgan fingerprint density at radius 2 is 1.79 bits per heavy atom. The summed E-state index contributed by atoms with van der Waals surface area (Å²) in [6.07, 6.45) is 1.56. The van der Waals surface area contributed by atoms with Gasteiger partial charge < -0.3 is 18.9 Å². The molecule has 0 fully saturated rings. The fourth-order valence-electron chi connectivity index (χ4n) is 3.55. The lowest BCUT2D eigenvalue weighted by atomic mass is 10.1. The fourth-order valence-corrected chi connectivity index (χ4v) is 5.01. The number of carbonyl (C=O) groups excluding carboxylic acids is 1. The van der Waals surface area contributed by atoms with E-state index in [0.717, 1.165) is 0 Å². The number of nitrogens with zero attached hydrogens (tertiary/aromatic N) is 2. The zero-order valence-corrected chi connectivity index (χ0v) is 19.3. The molecule has 0 aliphatic carbocycles. The van der Waals surface area contributed by atoms with Crippen LogP contribution in [0.3, 0.4) is 0 Å². The van der Waals surface area contributed by atoms with Crippen LogP contribution in [0.4, 0.5) is 0 Å². The molecule has 0 N–H and O–H groups in total. The molecule has 2 heterocycles. The highest BCUT2D eigenvalue weighted by Gasteiger charge is 2.26. The molecule has 2 aliphatic heterocycles. The molecule has 0 saturated carbocycles. The van der Waals surface area contributed by atoms with Crippen LogP contribution in [0.15, 0.2) is 52.0 Å². The Balaban J connectivity index is 1.62. The van der Waals surface area contributed by atoms with Crippen molar-refractivity contribution in [2.24, 2.45) is 4.99 Å². The Kier molecular flexibility index (Phi) is 6.39. The number of sulfonamides is 1. The fraction of sp³-hybridized carbons (Fsp3) is 0.304. The van der Waals surface area contributed by atoms with Crippen molar-refractivity contribution in [3.63, 3.8) is 0 Å². The van der Waals surface area contributed by atoms with Crippen molar-refractivity contribution in [3.05, 3.63) is 53.2 Å². The Morgan fingerprint density at radius 3 is 2.45 bits per heavy atom. The number of methoxy groups -OCH3 is 1. The minimum atomic E-state index is -3.58. The monoisotopic (exact) mass is 472 g/mol. The molecule has 0 spiro atoms. The maximum absolute atomic E-state index is 12.7. The van der Waals surface area contributed by atoms with Crippen molar-refractivity contribution in [3.8, 4) is 17.2 Å². The van der Waals surface area contributed by atoms with E-state index < -0.39 is 16.0 Å². The average molecular weight is 473 g/mol. The first-order valence-corrected chi connectivity index (χ1v) is 11.9. The van der Waals surface area contributed by atoms with Gasteiger partial charge in [-0.2, -0.15) is 4.31 Å². The van der Waals surface area contributed by atoms with E-state index in [1.54, 1.807) is 44.2 Å². The van der Waals surface area contributed by atoms with Gasteiger partial charge in [-0.15, -0.1) is 0 Å². The predicted molar refractivity (Wildman–Crippen MR) is 121 cm³/mol. The average Bonchev–Trinajstić information content (AvgIpc) is 3.19. The van der Waals surface area contributed by atoms with E-state index in [9.17, 15) is 13.2 Å². The number of rotatable bonds is 7. The summed E-state index contributed by atoms with van der Waals surface area (Å²) < 4.78 is 48.6. The smallest absolute Gasteiger partial charge is 0.363 e. The molecule has 0 radical (unpaired) electrons. The van der Waals surface area contributed by atoms with Crippen LogP contribution in [0, 0.1) is 0 Å². The molecule has 174 valence electrons. The molecule has 9 nitrogen and oxygen atoms in total. The molecule has 4 rings (SSSR count). The number of hydrogen-bond donors (Lipinski definition) is 0. The van der Waals surface area contributed by atoms with E-state index in [1.165, 1.54) is 23.5 Å². The number of carbonyl (C=O) groups is 1. The molecular weight excluding hydrogens is 448 g/mol. The first-order valence-electron chi connectivity index (χ1n) is 10.5. The van der Waals surface area contributed by atoms with Gasteiger partial charge in [-0.05, 0) is 48.0 Å². The van der Waals surface area contributed by atoms with Gasteiger partial charge in [0.2, 0.25) is 21.7 Å². The van der Waals surface area contributed by atoms with Crippen LogP contribution in [0.2, 0.25) is 0 Å². The number of ether oxygens (including phenoxy) is 4. The lowest BCUT2D eigenvalue weighted by molar-refractivity contribution is -0.129. The van der Waals surface area contributed by atoms with Crippen molar-refractivity contribution in [1.29, 1.82) is 0 Å². The molecular formula is C23H24N2O7S. The zero-order chi connectivity index (χ0) is 23.6. The summed E-state index contributed by atoms with van der Waals surface area (Å²) in [5.41, 5.74) is 1.22. The van der Waals surface area contributed by atoms with Crippen molar-refractivity contribution >= 4 is 28.0 Å². The number of cyclic esters (lactones) is 1. The van der Waals surface area contributed by atoms with Crippen molar-refractivity contribution < 1.29 is 32.2 Å². The van der Waals surface area contributed by atoms with Crippen LogP contribution in [-0.2, 0) is 19.6 Å². The number of aliphatic imine (C=N–C) groups is 1. The first-order chi connectivity index (χ1) is 15.9. The Labute approximate surface area is 192 Å². The summed E-state index contributed by atoms with van der Waals surface area (Å²) in [7, 11) is -2.06. The maximum atomic E-state index is 12.7. The lowest BCUT2D eigenvalue weighted by Gasteiger charge is -2.20. The van der Waals surface area contributed by atoms with Crippen LogP contribution in [0.5, 0.6) is 17.2 Å². The summed E-state index contributed by atoms with van der Waals surface area (Å²) in [6.45, 7) is 5.17. The van der Waals surface area contributed by atoms with E-state index >= 15 is 0 Å². The van der Waals surface area contributed by atoms with Crippen LogP contribution < -0.4 is 14.2 Å². The first kappa shape index (κ1) is 22.8. The largest absolute Gasteiger partial charge is 0.493 e. The minimum Gasteiger partial charge on any atom is -0.493 e. The van der Waals surface area contributed by atoms with Gasteiger partial charge in [0, 0.05) is 18.7 Å². The predicted octanol–water partition coefficient (Wildman–Crippen LogP) is 2.84. The van der Waals surface area contributed by atoms with E-state index in [1.807, 2.05) is 0 Å². The van der Waals surface area contributed by atoms with Crippen molar-refractivity contribution in [2.45, 2.75) is 18.7 Å². The molecule has 0 aromatic heterocycles. The molecule has 2 aromatic carbocycles. The van der Waals surface area contributed by atoms with Gasteiger partial charge in [0.1, 0.15) is 13.2 Å². The van der Waals surface area contributed by atoms with Crippen LogP contribution in [0.25, 0.3) is 6.08 Å². The molecule has 0 unspecified atom stereocenters. The highest BCUT2D eigenvalue weighted by Crippen LogP contribution is 2.41. The summed E-state index contributed by atoms with van der Waals surface area (Å²) in [6, 6.07) is 9.54. The van der Waals surface area contributed by atoms with Crippen LogP contribution >= 0.6 is 0 Å². The van der Waals surface area contributed by atoms with Gasteiger partial charge in [-0.1, -0.05) is 13.8 Å². The normalized spacial score (nSPS) is 16.7. The van der Waals surface area contributed by atoms with E-state index in [-0.39, 0.29) is 16.5 Å². The highest BCUT2D eigenvalue weighted by atomic mass is 32.2. The number of fused-ring (bicyclic) bond motifs is 1. The molecule has 0 atom stereocenters. The Bertz CT molecular complexity index is 1210. The van der Waals surface area contributed by atoms with Crippen molar-refractivity contribution in [1.82, 2.24) is 4.31 Å². The maximum Gasteiger partial charge on any atom is 0.363 e. The van der Waals surface area contributed by atoms with Gasteiger partial charge in [0.15, 0.2) is 17.2 Å². The summed E-state index contributed by atoms with van der Waals surface area (Å²) in [5, 5.41) is 0. The van der Waals surface area contributed by atoms with Gasteiger partial charge in [-0.25, -0.2) is 18.2 Å². The summed E-state index contributed by atoms with van der Waals surface area (Å²) in [4.78, 5) is 16.9. The van der Waals surface area contributed by atoms with Gasteiger partial charge >= 0.3 is 5.97 Å². The number of benzene rings is 2. The third-order valence-corrected chi connectivity index (χ3v) is 7.28. The second-order valence-corrected chi connectivity index (χ2v) is 9.14. The molecule has 2 aliphatic rings. The van der Waals surface area contributed by atoms with E-state index in [2.05, 4.69) is 4.99 Å². The topological polar surface area (TPSA) is 104 Å². The number of esters is 1. The SMILES string of the molecule is CCN(CC)S(=O)(=O)c1ccc(C2=N/C(=C/c3cc(OC)c4c(c3)OCCO4)C(=O)O2)cc1. The molecule has 33 heavy (non-hydrogen) atoms. The van der Waals surface area contributed by atoms with Crippen LogP contribution in [-0.4, -0.2) is 58.0 Å². The molecule has 0 amide bonds. The van der Waals surface area contributed by atoms with E-state index in [4.69, 9.17) is 18.9 Å². The van der Waals surface area contributed by atoms with Crippen LogP contribution in [0.1, 0.15) is 25.0 Å².